The van der Waals surface area contributed by atoms with Crippen LogP contribution in [-0.2, 0) is 0 Å². The van der Waals surface area contributed by atoms with Gasteiger partial charge in [-0.2, -0.15) is 8.75 Å². The first-order valence-corrected chi connectivity index (χ1v) is 8.25. The van der Waals surface area contributed by atoms with Crippen molar-refractivity contribution in [2.45, 2.75) is 0 Å². The Bertz CT molecular complexity index is 1010. The lowest BCUT2D eigenvalue weighted by Gasteiger charge is -2.11. The smallest absolute Gasteiger partial charge is 0.270 e. The second-order valence-corrected chi connectivity index (χ2v) is 6.11. The van der Waals surface area contributed by atoms with Gasteiger partial charge >= 0.3 is 0 Å². The molecule has 0 bridgehead atoms. The fourth-order valence-electron chi connectivity index (χ4n) is 2.03. The molecule has 0 saturated heterocycles. The van der Waals surface area contributed by atoms with Crippen LogP contribution in [0.25, 0.3) is 11.0 Å². The minimum Gasteiger partial charge on any atom is -0.329 e. The zero-order valence-electron chi connectivity index (χ0n) is 12.2. The number of nitro benzene ring substituents is 1. The van der Waals surface area contributed by atoms with Crippen molar-refractivity contribution in [2.24, 2.45) is 0 Å². The van der Waals surface area contributed by atoms with Crippen LogP contribution >= 0.6 is 35.5 Å². The number of fused-ring (bicyclic) bond motifs is 1. The molecule has 0 aliphatic heterocycles. The number of hydrogen-bond donors (Lipinski definition) is 2. The lowest BCUT2D eigenvalue weighted by Crippen LogP contribution is -2.34. The summed E-state index contributed by atoms with van der Waals surface area (Å²) in [5, 5.41) is 16.4. The van der Waals surface area contributed by atoms with Crippen molar-refractivity contribution in [2.75, 3.05) is 5.32 Å². The van der Waals surface area contributed by atoms with Crippen molar-refractivity contribution >= 4 is 69.0 Å². The summed E-state index contributed by atoms with van der Waals surface area (Å²) in [6.45, 7) is 0. The number of halogens is 1. The molecule has 0 spiro atoms. The normalized spacial score (nSPS) is 10.4. The van der Waals surface area contributed by atoms with Crippen LogP contribution in [0.3, 0.4) is 0 Å². The maximum Gasteiger partial charge on any atom is 0.270 e. The molecule has 0 radical (unpaired) electrons. The van der Waals surface area contributed by atoms with E-state index in [0.29, 0.717) is 21.7 Å². The van der Waals surface area contributed by atoms with Crippen molar-refractivity contribution in [3.05, 3.63) is 57.1 Å². The van der Waals surface area contributed by atoms with Crippen LogP contribution in [-0.4, -0.2) is 24.7 Å². The van der Waals surface area contributed by atoms with Gasteiger partial charge in [0.15, 0.2) is 5.11 Å². The summed E-state index contributed by atoms with van der Waals surface area (Å²) in [7, 11) is 0. The topological polar surface area (TPSA) is 110 Å². The van der Waals surface area contributed by atoms with E-state index < -0.39 is 10.8 Å². The number of nitro groups is 1. The highest BCUT2D eigenvalue weighted by molar-refractivity contribution is 7.80. The van der Waals surface area contributed by atoms with Crippen molar-refractivity contribution in [3.63, 3.8) is 0 Å². The Morgan fingerprint density at radius 1 is 1.28 bits per heavy atom. The fourth-order valence-corrected chi connectivity index (χ4v) is 2.96. The van der Waals surface area contributed by atoms with Crippen molar-refractivity contribution in [3.8, 4) is 0 Å². The molecule has 3 aromatic rings. The number of benzene rings is 2. The van der Waals surface area contributed by atoms with Crippen LogP contribution in [0.4, 0.5) is 11.4 Å². The van der Waals surface area contributed by atoms with E-state index in [2.05, 4.69) is 19.4 Å². The summed E-state index contributed by atoms with van der Waals surface area (Å²) >= 11 is 12.3. The highest BCUT2D eigenvalue weighted by Gasteiger charge is 2.15. The van der Waals surface area contributed by atoms with E-state index in [1.165, 1.54) is 18.2 Å². The summed E-state index contributed by atoms with van der Waals surface area (Å²) in [6, 6.07) is 8.68. The Morgan fingerprint density at radius 2 is 2.08 bits per heavy atom. The molecule has 0 atom stereocenters. The van der Waals surface area contributed by atoms with Crippen LogP contribution in [0.5, 0.6) is 0 Å². The number of anilines is 1. The number of aromatic nitrogens is 2. The Hall–Kier alpha value is -2.69. The van der Waals surface area contributed by atoms with E-state index in [9.17, 15) is 14.9 Å². The predicted molar refractivity (Wildman–Crippen MR) is 99.2 cm³/mol. The highest BCUT2D eigenvalue weighted by Crippen LogP contribution is 2.29. The number of nitrogens with zero attached hydrogens (tertiary/aromatic N) is 3. The summed E-state index contributed by atoms with van der Waals surface area (Å²) < 4.78 is 8.24. The molecule has 1 amide bonds. The van der Waals surface area contributed by atoms with Gasteiger partial charge in [0.25, 0.3) is 11.6 Å². The number of thiocarbonyl (C=S) groups is 1. The first-order chi connectivity index (χ1) is 12.0. The first-order valence-electron chi connectivity index (χ1n) is 6.73. The molecule has 0 fully saturated rings. The van der Waals surface area contributed by atoms with Crippen LogP contribution in [0.15, 0.2) is 36.4 Å². The van der Waals surface area contributed by atoms with Crippen molar-refractivity contribution in [1.82, 2.24) is 14.1 Å². The number of carbonyl (C=O) groups excluding carboxylic acids is 1. The lowest BCUT2D eigenvalue weighted by molar-refractivity contribution is -0.384. The monoisotopic (exact) mass is 393 g/mol. The van der Waals surface area contributed by atoms with E-state index in [-0.39, 0.29) is 16.4 Å². The standard InChI is InChI=1S/C14H8ClN5O3S2/c15-9-4-5-10-12(19-25-18-10)11(9)16-14(24)17-13(21)7-2-1-3-8(6-7)20(22)23/h1-6H,(H2,16,17,21,24). The molecule has 8 nitrogen and oxygen atoms in total. The molecule has 0 saturated carbocycles. The molecule has 1 aromatic heterocycles. The Morgan fingerprint density at radius 3 is 2.84 bits per heavy atom. The van der Waals surface area contributed by atoms with E-state index in [1.807, 2.05) is 0 Å². The minimum atomic E-state index is -0.582. The molecule has 126 valence electrons. The van der Waals surface area contributed by atoms with Gasteiger partial charge in [0.2, 0.25) is 0 Å². The van der Waals surface area contributed by atoms with Gasteiger partial charge in [-0.25, -0.2) is 0 Å². The van der Waals surface area contributed by atoms with E-state index >= 15 is 0 Å². The quantitative estimate of drug-likeness (QED) is 0.398. The van der Waals surface area contributed by atoms with Gasteiger partial charge in [0, 0.05) is 17.7 Å². The summed E-state index contributed by atoms with van der Waals surface area (Å²) in [6.07, 6.45) is 0. The second-order valence-electron chi connectivity index (χ2n) is 4.77. The predicted octanol–water partition coefficient (Wildman–Crippen LogP) is 3.38. The Kier molecular flexibility index (Phi) is 4.83. The number of amides is 1. The van der Waals surface area contributed by atoms with E-state index in [1.54, 1.807) is 12.1 Å². The van der Waals surface area contributed by atoms with Gasteiger partial charge in [0.05, 0.1) is 27.4 Å². The van der Waals surface area contributed by atoms with Crippen LogP contribution in [0, 0.1) is 10.1 Å². The molecule has 25 heavy (non-hydrogen) atoms. The van der Waals surface area contributed by atoms with Gasteiger partial charge in [0.1, 0.15) is 11.0 Å². The average Bonchev–Trinajstić information content (AvgIpc) is 3.06. The number of non-ortho nitro benzene ring substituents is 1. The van der Waals surface area contributed by atoms with Gasteiger partial charge in [-0.1, -0.05) is 17.7 Å². The Labute approximate surface area is 155 Å². The third kappa shape index (κ3) is 3.71. The molecule has 0 aliphatic rings. The molecule has 2 aromatic carbocycles. The fraction of sp³-hybridized carbons (Fsp3) is 0. The molecule has 0 aliphatic carbocycles. The molecule has 3 rings (SSSR count). The van der Waals surface area contributed by atoms with Crippen molar-refractivity contribution in [1.29, 1.82) is 0 Å². The third-order valence-electron chi connectivity index (χ3n) is 3.16. The SMILES string of the molecule is O=C(NC(=S)Nc1c(Cl)ccc2nsnc12)c1cccc([N+](=O)[O-])c1. The van der Waals surface area contributed by atoms with Crippen LogP contribution in [0.2, 0.25) is 5.02 Å². The van der Waals surface area contributed by atoms with E-state index in [0.717, 1.165) is 17.8 Å². The molecule has 0 unspecified atom stereocenters. The van der Waals surface area contributed by atoms with Crippen LogP contribution in [0.1, 0.15) is 10.4 Å². The minimum absolute atomic E-state index is 0.0149. The number of nitrogens with one attached hydrogen (secondary N) is 2. The van der Waals surface area contributed by atoms with Gasteiger partial charge in [-0.05, 0) is 30.4 Å². The second kappa shape index (κ2) is 7.05. The average molecular weight is 394 g/mol. The number of carbonyl (C=O) groups is 1. The molecule has 1 heterocycles. The molecule has 2 N–H and O–H groups in total. The number of rotatable bonds is 3. The lowest BCUT2D eigenvalue weighted by atomic mass is 10.2. The van der Waals surface area contributed by atoms with E-state index in [4.69, 9.17) is 23.8 Å². The highest BCUT2D eigenvalue weighted by atomic mass is 35.5. The summed E-state index contributed by atoms with van der Waals surface area (Å²) in [5.74, 6) is -0.582. The molecule has 11 heteroatoms. The number of hydrogen-bond acceptors (Lipinski definition) is 7. The van der Waals surface area contributed by atoms with Gasteiger partial charge in [-0.15, -0.1) is 0 Å². The van der Waals surface area contributed by atoms with Crippen molar-refractivity contribution < 1.29 is 9.72 Å². The molecular formula is C14H8ClN5O3S2. The first kappa shape index (κ1) is 17.1. The maximum absolute atomic E-state index is 12.2. The maximum atomic E-state index is 12.2. The zero-order chi connectivity index (χ0) is 18.0. The third-order valence-corrected chi connectivity index (χ3v) is 4.22. The van der Waals surface area contributed by atoms with Gasteiger partial charge in [-0.3, -0.25) is 20.2 Å². The molecular weight excluding hydrogens is 386 g/mol. The van der Waals surface area contributed by atoms with Gasteiger partial charge < -0.3 is 5.32 Å². The summed E-state index contributed by atoms with van der Waals surface area (Å²) in [4.78, 5) is 22.4. The zero-order valence-corrected chi connectivity index (χ0v) is 14.6. The Balaban J connectivity index is 1.77. The largest absolute Gasteiger partial charge is 0.329 e. The van der Waals surface area contributed by atoms with Crippen LogP contribution < -0.4 is 10.6 Å². The summed E-state index contributed by atoms with van der Waals surface area (Å²) in [5.41, 5.74) is 1.53.